The average molecular weight is 342 g/mol. The smallest absolute Gasteiger partial charge is 0.255 e. The van der Waals surface area contributed by atoms with Crippen LogP contribution < -0.4 is 19.5 Å². The number of ether oxygens (including phenoxy) is 4. The summed E-state index contributed by atoms with van der Waals surface area (Å²) in [5.74, 6) is 1.49. The first-order valence-electron chi connectivity index (χ1n) is 8.19. The second-order valence-corrected chi connectivity index (χ2v) is 5.80. The SMILES string of the molecule is O=C(Nc1ccc2c(c1)OCCO2)c1ccnc(OC2CCOC2)c1. The van der Waals surface area contributed by atoms with E-state index in [9.17, 15) is 4.79 Å². The maximum atomic E-state index is 12.5. The molecule has 1 saturated heterocycles. The molecule has 7 heteroatoms. The van der Waals surface area contributed by atoms with E-state index in [1.807, 2.05) is 0 Å². The van der Waals surface area contributed by atoms with Gasteiger partial charge in [-0.1, -0.05) is 0 Å². The molecule has 1 fully saturated rings. The van der Waals surface area contributed by atoms with Gasteiger partial charge >= 0.3 is 0 Å². The van der Waals surface area contributed by atoms with Gasteiger partial charge in [0.1, 0.15) is 19.3 Å². The highest BCUT2D eigenvalue weighted by Crippen LogP contribution is 2.32. The Kier molecular flexibility index (Phi) is 4.39. The monoisotopic (exact) mass is 342 g/mol. The van der Waals surface area contributed by atoms with E-state index >= 15 is 0 Å². The summed E-state index contributed by atoms with van der Waals surface area (Å²) in [7, 11) is 0. The van der Waals surface area contributed by atoms with Gasteiger partial charge in [0, 0.05) is 36.0 Å². The zero-order valence-corrected chi connectivity index (χ0v) is 13.6. The third-order valence-corrected chi connectivity index (χ3v) is 3.97. The van der Waals surface area contributed by atoms with Crippen LogP contribution in [0.5, 0.6) is 17.4 Å². The number of hydrogen-bond donors (Lipinski definition) is 1. The van der Waals surface area contributed by atoms with Gasteiger partial charge < -0.3 is 24.3 Å². The number of nitrogens with zero attached hydrogens (tertiary/aromatic N) is 1. The summed E-state index contributed by atoms with van der Waals surface area (Å²) in [5.41, 5.74) is 1.11. The van der Waals surface area contributed by atoms with Crippen LogP contribution >= 0.6 is 0 Å². The molecule has 0 bridgehead atoms. The summed E-state index contributed by atoms with van der Waals surface area (Å²) >= 11 is 0. The van der Waals surface area contributed by atoms with Gasteiger partial charge in [-0.25, -0.2) is 4.98 Å². The van der Waals surface area contributed by atoms with Crippen molar-refractivity contribution in [2.45, 2.75) is 12.5 Å². The minimum Gasteiger partial charge on any atom is -0.486 e. The number of carbonyl (C=O) groups is 1. The number of fused-ring (bicyclic) bond motifs is 1. The molecule has 1 amide bonds. The van der Waals surface area contributed by atoms with E-state index in [-0.39, 0.29) is 12.0 Å². The standard InChI is InChI=1S/C18H18N2O5/c21-18(20-13-1-2-15-16(10-13)24-8-7-23-15)12-3-5-19-17(9-12)25-14-4-6-22-11-14/h1-3,5,9-10,14H,4,6-8,11H2,(H,20,21). The molecule has 3 heterocycles. The van der Waals surface area contributed by atoms with Gasteiger partial charge in [-0.15, -0.1) is 0 Å². The number of rotatable bonds is 4. The van der Waals surface area contributed by atoms with Crippen molar-refractivity contribution < 1.29 is 23.7 Å². The predicted molar refractivity (Wildman–Crippen MR) is 89.5 cm³/mol. The number of nitrogens with one attached hydrogen (secondary N) is 1. The van der Waals surface area contributed by atoms with Crippen molar-refractivity contribution in [1.82, 2.24) is 4.98 Å². The molecule has 4 rings (SSSR count). The molecule has 25 heavy (non-hydrogen) atoms. The summed E-state index contributed by atoms with van der Waals surface area (Å²) in [6.07, 6.45) is 2.38. The van der Waals surface area contributed by atoms with Gasteiger partial charge in [0.05, 0.1) is 13.2 Å². The van der Waals surface area contributed by atoms with Crippen molar-refractivity contribution in [2.75, 3.05) is 31.7 Å². The third-order valence-electron chi connectivity index (χ3n) is 3.97. The van der Waals surface area contributed by atoms with Crippen molar-refractivity contribution >= 4 is 11.6 Å². The maximum absolute atomic E-state index is 12.5. The van der Waals surface area contributed by atoms with E-state index in [4.69, 9.17) is 18.9 Å². The quantitative estimate of drug-likeness (QED) is 0.918. The molecule has 1 aromatic carbocycles. The Morgan fingerprint density at radius 3 is 2.84 bits per heavy atom. The van der Waals surface area contributed by atoms with Gasteiger partial charge in [0.15, 0.2) is 11.5 Å². The molecule has 0 radical (unpaired) electrons. The second kappa shape index (κ2) is 6.98. The number of anilines is 1. The molecular weight excluding hydrogens is 324 g/mol. The highest BCUT2D eigenvalue weighted by molar-refractivity contribution is 6.04. The molecule has 7 nitrogen and oxygen atoms in total. The van der Waals surface area contributed by atoms with Crippen LogP contribution in [-0.2, 0) is 4.74 Å². The zero-order valence-electron chi connectivity index (χ0n) is 13.6. The number of benzene rings is 1. The Hall–Kier alpha value is -2.80. The molecule has 1 aromatic heterocycles. The molecule has 0 aliphatic carbocycles. The highest BCUT2D eigenvalue weighted by atomic mass is 16.6. The van der Waals surface area contributed by atoms with E-state index in [2.05, 4.69) is 10.3 Å². The number of amides is 1. The molecule has 2 aliphatic rings. The molecule has 0 saturated carbocycles. The maximum Gasteiger partial charge on any atom is 0.255 e. The second-order valence-electron chi connectivity index (χ2n) is 5.80. The fraction of sp³-hybridized carbons (Fsp3) is 0.333. The van der Waals surface area contributed by atoms with Crippen LogP contribution in [0, 0.1) is 0 Å². The first kappa shape index (κ1) is 15.7. The lowest BCUT2D eigenvalue weighted by Gasteiger charge is -2.19. The first-order valence-corrected chi connectivity index (χ1v) is 8.19. The summed E-state index contributed by atoms with van der Waals surface area (Å²) in [6.45, 7) is 2.27. The number of aromatic nitrogens is 1. The fourth-order valence-corrected chi connectivity index (χ4v) is 2.72. The van der Waals surface area contributed by atoms with Crippen LogP contribution in [0.25, 0.3) is 0 Å². The summed E-state index contributed by atoms with van der Waals surface area (Å²) < 4.78 is 22.0. The Balaban J connectivity index is 1.45. The first-order chi connectivity index (χ1) is 12.3. The van der Waals surface area contributed by atoms with Crippen LogP contribution in [0.15, 0.2) is 36.5 Å². The van der Waals surface area contributed by atoms with E-state index < -0.39 is 0 Å². The molecular formula is C18H18N2O5. The van der Waals surface area contributed by atoms with Crippen molar-refractivity contribution in [3.05, 3.63) is 42.1 Å². The Labute approximate surface area is 144 Å². The number of carbonyl (C=O) groups excluding carboxylic acids is 1. The lowest BCUT2D eigenvalue weighted by Crippen LogP contribution is -2.18. The molecule has 130 valence electrons. The largest absolute Gasteiger partial charge is 0.486 e. The lowest BCUT2D eigenvalue weighted by atomic mass is 10.2. The van der Waals surface area contributed by atoms with E-state index in [1.54, 1.807) is 36.5 Å². The van der Waals surface area contributed by atoms with Crippen LogP contribution in [0.2, 0.25) is 0 Å². The van der Waals surface area contributed by atoms with Gasteiger partial charge in [0.2, 0.25) is 5.88 Å². The summed E-state index contributed by atoms with van der Waals surface area (Å²) in [4.78, 5) is 16.6. The molecule has 2 aliphatic heterocycles. The van der Waals surface area contributed by atoms with Gasteiger partial charge in [-0.3, -0.25) is 4.79 Å². The van der Waals surface area contributed by atoms with Crippen LogP contribution in [0.4, 0.5) is 5.69 Å². The van der Waals surface area contributed by atoms with Crippen molar-refractivity contribution in [3.8, 4) is 17.4 Å². The topological polar surface area (TPSA) is 78.9 Å². The molecule has 2 aromatic rings. The van der Waals surface area contributed by atoms with Crippen molar-refractivity contribution in [3.63, 3.8) is 0 Å². The third kappa shape index (κ3) is 3.66. The summed E-state index contributed by atoms with van der Waals surface area (Å²) in [6, 6.07) is 8.59. The van der Waals surface area contributed by atoms with Gasteiger partial charge in [-0.05, 0) is 18.2 Å². The Morgan fingerprint density at radius 2 is 2.00 bits per heavy atom. The summed E-state index contributed by atoms with van der Waals surface area (Å²) in [5, 5.41) is 2.85. The molecule has 1 atom stereocenters. The molecule has 1 N–H and O–H groups in total. The minimum atomic E-state index is -0.244. The minimum absolute atomic E-state index is 0.0106. The van der Waals surface area contributed by atoms with E-state index in [0.717, 1.165) is 6.42 Å². The van der Waals surface area contributed by atoms with Crippen LogP contribution in [0.3, 0.4) is 0 Å². The van der Waals surface area contributed by atoms with Crippen molar-refractivity contribution in [2.24, 2.45) is 0 Å². The van der Waals surface area contributed by atoms with Gasteiger partial charge in [0.25, 0.3) is 5.91 Å². The van der Waals surface area contributed by atoms with Crippen molar-refractivity contribution in [1.29, 1.82) is 0 Å². The Morgan fingerprint density at radius 1 is 1.12 bits per heavy atom. The fourth-order valence-electron chi connectivity index (χ4n) is 2.72. The highest BCUT2D eigenvalue weighted by Gasteiger charge is 2.19. The molecule has 1 unspecified atom stereocenters. The van der Waals surface area contributed by atoms with Gasteiger partial charge in [-0.2, -0.15) is 0 Å². The lowest BCUT2D eigenvalue weighted by molar-refractivity contribution is 0.102. The molecule has 0 spiro atoms. The zero-order chi connectivity index (χ0) is 17.1. The van der Waals surface area contributed by atoms with E-state index in [1.165, 1.54) is 0 Å². The van der Waals surface area contributed by atoms with Crippen LogP contribution in [0.1, 0.15) is 16.8 Å². The average Bonchev–Trinajstić information content (AvgIpc) is 3.15. The predicted octanol–water partition coefficient (Wildman–Crippen LogP) is 2.27. The number of hydrogen-bond acceptors (Lipinski definition) is 6. The van der Waals surface area contributed by atoms with Crippen LogP contribution in [-0.4, -0.2) is 43.4 Å². The number of pyridine rings is 1. The normalized spacial score (nSPS) is 18.6. The Bertz CT molecular complexity index is 774. The van der Waals surface area contributed by atoms with E-state index in [0.29, 0.717) is 55.1 Å².